The smallest absolute Gasteiger partial charge is 0.333 e. The van der Waals surface area contributed by atoms with Gasteiger partial charge < -0.3 is 14.2 Å². The van der Waals surface area contributed by atoms with Gasteiger partial charge in [0, 0.05) is 11.5 Å². The third-order valence-electron chi connectivity index (χ3n) is 4.10. The van der Waals surface area contributed by atoms with Crippen molar-refractivity contribution < 1.29 is 23.8 Å². The summed E-state index contributed by atoms with van der Waals surface area (Å²) in [5.41, 5.74) is 3.60. The molecule has 0 aliphatic heterocycles. The number of benzene rings is 2. The van der Waals surface area contributed by atoms with Crippen molar-refractivity contribution in [2.24, 2.45) is 5.92 Å². The van der Waals surface area contributed by atoms with Gasteiger partial charge in [0.25, 0.3) is 6.47 Å². The van der Waals surface area contributed by atoms with E-state index in [-0.39, 0.29) is 19.1 Å². The number of rotatable bonds is 10. The minimum Gasteiger partial charge on any atom is -0.497 e. The maximum absolute atomic E-state index is 11.6. The first-order valence-corrected chi connectivity index (χ1v) is 8.64. The molecular formula is C22H24O5. The van der Waals surface area contributed by atoms with E-state index in [1.807, 2.05) is 48.5 Å². The molecule has 0 aliphatic carbocycles. The SMILES string of the molecule is C=C(C)C(=O)OCC(COC=O)Cc1ccc(-c2ccc(OC)cc2)cc1. The van der Waals surface area contributed by atoms with E-state index >= 15 is 0 Å². The van der Waals surface area contributed by atoms with Crippen LogP contribution in [0.5, 0.6) is 5.75 Å². The van der Waals surface area contributed by atoms with Gasteiger partial charge in [-0.1, -0.05) is 43.0 Å². The Bertz CT molecular complexity index is 762. The highest BCUT2D eigenvalue weighted by molar-refractivity contribution is 5.86. The molecule has 0 radical (unpaired) electrons. The number of methoxy groups -OCH3 is 1. The Hall–Kier alpha value is -3.08. The first kappa shape index (κ1) is 20.2. The fraction of sp³-hybridized carbons (Fsp3) is 0.273. The average molecular weight is 368 g/mol. The molecule has 1 unspecified atom stereocenters. The van der Waals surface area contributed by atoms with Crippen molar-refractivity contribution in [1.29, 1.82) is 0 Å². The molecule has 0 aromatic heterocycles. The zero-order valence-corrected chi connectivity index (χ0v) is 15.6. The summed E-state index contributed by atoms with van der Waals surface area (Å²) in [7, 11) is 1.64. The lowest BCUT2D eigenvalue weighted by molar-refractivity contribution is -0.141. The first-order valence-electron chi connectivity index (χ1n) is 8.64. The Morgan fingerprint density at radius 1 is 1.04 bits per heavy atom. The van der Waals surface area contributed by atoms with Crippen LogP contribution in [0.2, 0.25) is 0 Å². The lowest BCUT2D eigenvalue weighted by Gasteiger charge is -2.16. The molecule has 1 atom stereocenters. The van der Waals surface area contributed by atoms with Crippen LogP contribution < -0.4 is 4.74 Å². The van der Waals surface area contributed by atoms with Crippen molar-refractivity contribution in [1.82, 2.24) is 0 Å². The van der Waals surface area contributed by atoms with E-state index < -0.39 is 5.97 Å². The van der Waals surface area contributed by atoms with Gasteiger partial charge in [0.1, 0.15) is 5.75 Å². The average Bonchev–Trinajstić information content (AvgIpc) is 2.70. The summed E-state index contributed by atoms with van der Waals surface area (Å²) in [5.74, 6) is 0.254. The Morgan fingerprint density at radius 3 is 2.15 bits per heavy atom. The van der Waals surface area contributed by atoms with Crippen LogP contribution in [0, 0.1) is 5.92 Å². The summed E-state index contributed by atoms with van der Waals surface area (Å²) in [5, 5.41) is 0. The van der Waals surface area contributed by atoms with Crippen molar-refractivity contribution in [3.8, 4) is 16.9 Å². The number of esters is 1. The molecule has 0 heterocycles. The van der Waals surface area contributed by atoms with Crippen LogP contribution >= 0.6 is 0 Å². The maximum Gasteiger partial charge on any atom is 0.333 e. The van der Waals surface area contributed by atoms with Crippen LogP contribution in [0.3, 0.4) is 0 Å². The summed E-state index contributed by atoms with van der Waals surface area (Å²) in [6, 6.07) is 16.0. The standard InChI is InChI=1S/C22H24O5/c1-16(2)22(24)27-14-18(13-26-15-23)12-17-4-6-19(7-5-17)20-8-10-21(25-3)11-9-20/h4-11,15,18H,1,12-14H2,2-3H3. The summed E-state index contributed by atoms with van der Waals surface area (Å²) >= 11 is 0. The van der Waals surface area contributed by atoms with E-state index in [9.17, 15) is 9.59 Å². The van der Waals surface area contributed by atoms with E-state index in [0.717, 1.165) is 22.4 Å². The van der Waals surface area contributed by atoms with Gasteiger partial charge in [0.05, 0.1) is 20.3 Å². The number of carbonyl (C=O) groups is 2. The van der Waals surface area contributed by atoms with E-state index in [4.69, 9.17) is 14.2 Å². The largest absolute Gasteiger partial charge is 0.497 e. The minimum absolute atomic E-state index is 0.120. The Kier molecular flexibility index (Phi) is 7.62. The fourth-order valence-corrected chi connectivity index (χ4v) is 2.61. The zero-order valence-electron chi connectivity index (χ0n) is 15.6. The predicted molar refractivity (Wildman–Crippen MR) is 103 cm³/mol. The van der Waals surface area contributed by atoms with Crippen LogP contribution in [0.15, 0.2) is 60.7 Å². The van der Waals surface area contributed by atoms with Crippen molar-refractivity contribution in [3.63, 3.8) is 0 Å². The van der Waals surface area contributed by atoms with Crippen molar-refractivity contribution in [2.75, 3.05) is 20.3 Å². The van der Waals surface area contributed by atoms with Gasteiger partial charge in [-0.15, -0.1) is 0 Å². The number of hydrogen-bond acceptors (Lipinski definition) is 5. The monoisotopic (exact) mass is 368 g/mol. The summed E-state index contributed by atoms with van der Waals surface area (Å²) < 4.78 is 15.2. The van der Waals surface area contributed by atoms with Gasteiger partial charge in [0.2, 0.25) is 0 Å². The molecule has 0 aliphatic rings. The minimum atomic E-state index is -0.444. The molecule has 0 N–H and O–H groups in total. The second-order valence-corrected chi connectivity index (χ2v) is 6.30. The third-order valence-corrected chi connectivity index (χ3v) is 4.10. The van der Waals surface area contributed by atoms with Crippen LogP contribution in [0.1, 0.15) is 12.5 Å². The highest BCUT2D eigenvalue weighted by atomic mass is 16.5. The van der Waals surface area contributed by atoms with Crippen LogP contribution in [0.25, 0.3) is 11.1 Å². The number of ether oxygens (including phenoxy) is 3. The molecule has 5 heteroatoms. The second-order valence-electron chi connectivity index (χ2n) is 6.30. The van der Waals surface area contributed by atoms with Gasteiger partial charge in [0.15, 0.2) is 0 Å². The van der Waals surface area contributed by atoms with E-state index in [1.165, 1.54) is 0 Å². The second kappa shape index (κ2) is 10.2. The fourth-order valence-electron chi connectivity index (χ4n) is 2.61. The van der Waals surface area contributed by atoms with Crippen molar-refractivity contribution in [3.05, 3.63) is 66.2 Å². The molecule has 0 spiro atoms. The molecule has 142 valence electrons. The zero-order chi connectivity index (χ0) is 19.6. The van der Waals surface area contributed by atoms with E-state index in [2.05, 4.69) is 6.58 Å². The lowest BCUT2D eigenvalue weighted by atomic mass is 9.98. The van der Waals surface area contributed by atoms with Gasteiger partial charge in [-0.2, -0.15) is 0 Å². The molecule has 2 aromatic rings. The molecule has 27 heavy (non-hydrogen) atoms. The molecule has 0 amide bonds. The molecule has 2 rings (SSSR count). The number of carbonyl (C=O) groups excluding carboxylic acids is 2. The van der Waals surface area contributed by atoms with Crippen molar-refractivity contribution in [2.45, 2.75) is 13.3 Å². The summed E-state index contributed by atoms with van der Waals surface area (Å²) in [4.78, 5) is 22.1. The highest BCUT2D eigenvalue weighted by Crippen LogP contribution is 2.23. The molecule has 0 fully saturated rings. The Balaban J connectivity index is 2.02. The molecule has 0 saturated carbocycles. The van der Waals surface area contributed by atoms with Crippen LogP contribution in [-0.2, 0) is 25.5 Å². The first-order chi connectivity index (χ1) is 13.0. The van der Waals surface area contributed by atoms with E-state index in [0.29, 0.717) is 18.5 Å². The van der Waals surface area contributed by atoms with Crippen LogP contribution in [-0.4, -0.2) is 32.8 Å². The van der Waals surface area contributed by atoms with Crippen molar-refractivity contribution >= 4 is 12.4 Å². The molecule has 2 aromatic carbocycles. The van der Waals surface area contributed by atoms with Gasteiger partial charge >= 0.3 is 5.97 Å². The molecule has 5 nitrogen and oxygen atoms in total. The van der Waals surface area contributed by atoms with Gasteiger partial charge in [-0.05, 0) is 42.2 Å². The highest BCUT2D eigenvalue weighted by Gasteiger charge is 2.14. The van der Waals surface area contributed by atoms with Gasteiger partial charge in [-0.3, -0.25) is 4.79 Å². The van der Waals surface area contributed by atoms with Crippen LogP contribution in [0.4, 0.5) is 0 Å². The number of hydrogen-bond donors (Lipinski definition) is 0. The Morgan fingerprint density at radius 2 is 1.63 bits per heavy atom. The summed E-state index contributed by atoms with van der Waals surface area (Å²) in [6.45, 7) is 5.91. The molecule has 0 saturated heterocycles. The van der Waals surface area contributed by atoms with E-state index in [1.54, 1.807) is 14.0 Å². The Labute approximate surface area is 159 Å². The maximum atomic E-state index is 11.6. The lowest BCUT2D eigenvalue weighted by Crippen LogP contribution is -2.21. The predicted octanol–water partition coefficient (Wildman–Crippen LogP) is 3.81. The van der Waals surface area contributed by atoms with Gasteiger partial charge in [-0.25, -0.2) is 4.79 Å². The third kappa shape index (κ3) is 6.29. The summed E-state index contributed by atoms with van der Waals surface area (Å²) in [6.07, 6.45) is 0.625. The normalized spacial score (nSPS) is 11.3. The molecular weight excluding hydrogens is 344 g/mol. The quantitative estimate of drug-likeness (QED) is 0.362. The molecule has 0 bridgehead atoms. The topological polar surface area (TPSA) is 61.8 Å².